The molecule has 0 fully saturated rings. The van der Waals surface area contributed by atoms with E-state index in [0.29, 0.717) is 5.65 Å². The standard InChI is InChI=1S/C7H8ClN5/c1-13(2)6-4-5(10-3-9-4)11-7(8)12-6/h3H,1-2H3,(H,9,10,11,12). The average Bonchev–Trinajstić information content (AvgIpc) is 2.49. The lowest BCUT2D eigenvalue weighted by atomic mass is 10.5. The van der Waals surface area contributed by atoms with Crippen molar-refractivity contribution in [2.24, 2.45) is 0 Å². The minimum Gasteiger partial charge on any atom is -0.361 e. The number of hydrogen-bond donors (Lipinski definition) is 1. The van der Waals surface area contributed by atoms with Crippen molar-refractivity contribution in [3.63, 3.8) is 0 Å². The topological polar surface area (TPSA) is 57.7 Å². The van der Waals surface area contributed by atoms with Crippen molar-refractivity contribution in [1.29, 1.82) is 0 Å². The molecule has 6 heteroatoms. The molecule has 0 aliphatic carbocycles. The molecule has 0 aliphatic rings. The van der Waals surface area contributed by atoms with Crippen LogP contribution in [0.4, 0.5) is 5.82 Å². The van der Waals surface area contributed by atoms with E-state index in [4.69, 9.17) is 11.6 Å². The Morgan fingerprint density at radius 1 is 1.38 bits per heavy atom. The number of nitrogens with zero attached hydrogens (tertiary/aromatic N) is 4. The fourth-order valence-electron chi connectivity index (χ4n) is 1.12. The summed E-state index contributed by atoms with van der Waals surface area (Å²) in [4.78, 5) is 16.9. The Kier molecular flexibility index (Phi) is 1.81. The zero-order chi connectivity index (χ0) is 9.42. The summed E-state index contributed by atoms with van der Waals surface area (Å²) >= 11 is 5.72. The molecule has 0 saturated carbocycles. The SMILES string of the molecule is CN(C)c1nc(Cl)nc2nc[nH]c12. The predicted molar refractivity (Wildman–Crippen MR) is 51.0 cm³/mol. The monoisotopic (exact) mass is 197 g/mol. The van der Waals surface area contributed by atoms with Gasteiger partial charge in [0.05, 0.1) is 6.33 Å². The summed E-state index contributed by atoms with van der Waals surface area (Å²) in [7, 11) is 3.78. The van der Waals surface area contributed by atoms with Crippen LogP contribution in [-0.2, 0) is 0 Å². The summed E-state index contributed by atoms with van der Waals surface area (Å²) in [6.45, 7) is 0. The van der Waals surface area contributed by atoms with Crippen LogP contribution in [0.2, 0.25) is 5.28 Å². The average molecular weight is 198 g/mol. The molecule has 0 atom stereocenters. The zero-order valence-corrected chi connectivity index (χ0v) is 8.00. The molecule has 0 aliphatic heterocycles. The fraction of sp³-hybridized carbons (Fsp3) is 0.286. The predicted octanol–water partition coefficient (Wildman–Crippen LogP) is 1.07. The zero-order valence-electron chi connectivity index (χ0n) is 7.24. The second kappa shape index (κ2) is 2.85. The number of fused-ring (bicyclic) bond motifs is 1. The maximum Gasteiger partial charge on any atom is 0.226 e. The van der Waals surface area contributed by atoms with Crippen LogP contribution < -0.4 is 4.90 Å². The molecule has 1 N–H and O–H groups in total. The van der Waals surface area contributed by atoms with Crippen LogP contribution in [0.25, 0.3) is 11.2 Å². The van der Waals surface area contributed by atoms with E-state index < -0.39 is 0 Å². The highest BCUT2D eigenvalue weighted by Crippen LogP contribution is 2.20. The lowest BCUT2D eigenvalue weighted by Crippen LogP contribution is -2.11. The minimum absolute atomic E-state index is 0.211. The van der Waals surface area contributed by atoms with E-state index in [2.05, 4.69) is 19.9 Å². The van der Waals surface area contributed by atoms with Crippen LogP contribution in [0.5, 0.6) is 0 Å². The first-order chi connectivity index (χ1) is 6.18. The van der Waals surface area contributed by atoms with Crippen LogP contribution in [0.3, 0.4) is 0 Å². The first-order valence-electron chi connectivity index (χ1n) is 3.72. The third-order valence-electron chi connectivity index (χ3n) is 1.66. The molecular weight excluding hydrogens is 190 g/mol. The summed E-state index contributed by atoms with van der Waals surface area (Å²) in [6.07, 6.45) is 1.57. The van der Waals surface area contributed by atoms with Gasteiger partial charge in [0.2, 0.25) is 5.28 Å². The van der Waals surface area contributed by atoms with Gasteiger partial charge in [0.25, 0.3) is 0 Å². The highest BCUT2D eigenvalue weighted by atomic mass is 35.5. The fourth-order valence-corrected chi connectivity index (χ4v) is 1.28. The van der Waals surface area contributed by atoms with Gasteiger partial charge >= 0.3 is 0 Å². The lowest BCUT2D eigenvalue weighted by Gasteiger charge is -2.10. The van der Waals surface area contributed by atoms with E-state index in [1.807, 2.05) is 19.0 Å². The third kappa shape index (κ3) is 1.31. The molecule has 68 valence electrons. The highest BCUT2D eigenvalue weighted by Gasteiger charge is 2.09. The Morgan fingerprint density at radius 3 is 2.85 bits per heavy atom. The highest BCUT2D eigenvalue weighted by molar-refractivity contribution is 6.28. The molecule has 2 heterocycles. The molecule has 0 radical (unpaired) electrons. The number of halogens is 1. The van der Waals surface area contributed by atoms with E-state index in [-0.39, 0.29) is 5.28 Å². The second-order valence-electron chi connectivity index (χ2n) is 2.81. The maximum absolute atomic E-state index is 5.72. The Hall–Kier alpha value is -1.36. The number of nitrogens with one attached hydrogen (secondary N) is 1. The molecule has 0 amide bonds. The van der Waals surface area contributed by atoms with Gasteiger partial charge in [0, 0.05) is 14.1 Å². The Balaban J connectivity index is 2.77. The van der Waals surface area contributed by atoms with Gasteiger partial charge in [-0.3, -0.25) is 0 Å². The van der Waals surface area contributed by atoms with E-state index >= 15 is 0 Å². The van der Waals surface area contributed by atoms with Crippen LogP contribution >= 0.6 is 11.6 Å². The van der Waals surface area contributed by atoms with Crippen LogP contribution in [0.15, 0.2) is 6.33 Å². The third-order valence-corrected chi connectivity index (χ3v) is 1.83. The minimum atomic E-state index is 0.211. The molecule has 2 aromatic rings. The van der Waals surface area contributed by atoms with Crippen LogP contribution in [-0.4, -0.2) is 34.0 Å². The normalized spacial score (nSPS) is 10.7. The molecule has 0 bridgehead atoms. The summed E-state index contributed by atoms with van der Waals surface area (Å²) < 4.78 is 0. The lowest BCUT2D eigenvalue weighted by molar-refractivity contribution is 1.06. The largest absolute Gasteiger partial charge is 0.361 e. The molecule has 0 spiro atoms. The van der Waals surface area contributed by atoms with E-state index in [9.17, 15) is 0 Å². The molecule has 5 nitrogen and oxygen atoms in total. The number of hydrogen-bond acceptors (Lipinski definition) is 4. The van der Waals surface area contributed by atoms with E-state index in [1.165, 1.54) is 0 Å². The van der Waals surface area contributed by atoms with Crippen LogP contribution in [0, 0.1) is 0 Å². The van der Waals surface area contributed by atoms with Crippen molar-refractivity contribution in [3.05, 3.63) is 11.6 Å². The van der Waals surface area contributed by atoms with Gasteiger partial charge in [-0.15, -0.1) is 0 Å². The first kappa shape index (κ1) is 8.25. The Labute approximate surface area is 79.8 Å². The van der Waals surface area contributed by atoms with Crippen molar-refractivity contribution in [1.82, 2.24) is 19.9 Å². The number of anilines is 1. The van der Waals surface area contributed by atoms with Crippen molar-refractivity contribution in [3.8, 4) is 0 Å². The number of aromatic nitrogens is 4. The smallest absolute Gasteiger partial charge is 0.226 e. The Morgan fingerprint density at radius 2 is 2.15 bits per heavy atom. The maximum atomic E-state index is 5.72. The second-order valence-corrected chi connectivity index (χ2v) is 3.15. The van der Waals surface area contributed by atoms with E-state index in [1.54, 1.807) is 6.33 Å². The number of H-pyrrole nitrogens is 1. The van der Waals surface area contributed by atoms with Gasteiger partial charge in [-0.05, 0) is 11.6 Å². The van der Waals surface area contributed by atoms with Crippen molar-refractivity contribution in [2.45, 2.75) is 0 Å². The molecular formula is C7H8ClN5. The van der Waals surface area contributed by atoms with Gasteiger partial charge < -0.3 is 9.88 Å². The quantitative estimate of drug-likeness (QED) is 0.695. The first-order valence-corrected chi connectivity index (χ1v) is 4.10. The summed E-state index contributed by atoms with van der Waals surface area (Å²) in [5.74, 6) is 0.743. The van der Waals surface area contributed by atoms with Crippen LogP contribution in [0.1, 0.15) is 0 Å². The Bertz CT molecular complexity index is 435. The molecule has 2 aromatic heterocycles. The van der Waals surface area contributed by atoms with Crippen molar-refractivity contribution in [2.75, 3.05) is 19.0 Å². The molecule has 13 heavy (non-hydrogen) atoms. The number of aromatic amines is 1. The van der Waals surface area contributed by atoms with Gasteiger partial charge in [0.15, 0.2) is 11.5 Å². The van der Waals surface area contributed by atoms with E-state index in [0.717, 1.165) is 11.3 Å². The summed E-state index contributed by atoms with van der Waals surface area (Å²) in [5.41, 5.74) is 1.39. The molecule has 0 unspecified atom stereocenters. The van der Waals surface area contributed by atoms with Crippen molar-refractivity contribution < 1.29 is 0 Å². The molecule has 0 saturated heterocycles. The summed E-state index contributed by atoms with van der Waals surface area (Å²) in [6, 6.07) is 0. The molecule has 2 rings (SSSR count). The molecule has 0 aromatic carbocycles. The summed E-state index contributed by atoms with van der Waals surface area (Å²) in [5, 5.41) is 0.211. The van der Waals surface area contributed by atoms with Gasteiger partial charge in [0.1, 0.15) is 5.52 Å². The van der Waals surface area contributed by atoms with Gasteiger partial charge in [-0.25, -0.2) is 4.98 Å². The number of imidazole rings is 1. The van der Waals surface area contributed by atoms with Gasteiger partial charge in [-0.2, -0.15) is 9.97 Å². The number of rotatable bonds is 1. The van der Waals surface area contributed by atoms with Crippen molar-refractivity contribution >= 4 is 28.6 Å². The van der Waals surface area contributed by atoms with Gasteiger partial charge in [-0.1, -0.05) is 0 Å².